The SMILES string of the molecule is Nc1cnc2ccc(Cl)cc2c1N[C@H]1CCOCC1(F)F. The number of nitrogens with zero attached hydrogens (tertiary/aromatic N) is 1. The van der Waals surface area contributed by atoms with E-state index in [9.17, 15) is 8.78 Å². The number of hydrogen-bond donors (Lipinski definition) is 2. The second-order valence-corrected chi connectivity index (χ2v) is 5.49. The third-order valence-corrected chi connectivity index (χ3v) is 3.77. The Morgan fingerprint density at radius 2 is 2.24 bits per heavy atom. The van der Waals surface area contributed by atoms with Crippen LogP contribution in [0.2, 0.25) is 5.02 Å². The third kappa shape index (κ3) is 2.73. The summed E-state index contributed by atoms with van der Waals surface area (Å²) in [6.45, 7) is -0.300. The van der Waals surface area contributed by atoms with Crippen LogP contribution in [0.5, 0.6) is 0 Å². The molecule has 0 spiro atoms. The van der Waals surface area contributed by atoms with Crippen LogP contribution in [0.1, 0.15) is 6.42 Å². The molecule has 1 aliphatic rings. The molecule has 1 aromatic heterocycles. The van der Waals surface area contributed by atoms with E-state index in [-0.39, 0.29) is 13.0 Å². The Kier molecular flexibility index (Phi) is 3.59. The highest BCUT2D eigenvalue weighted by molar-refractivity contribution is 6.31. The van der Waals surface area contributed by atoms with Crippen LogP contribution in [0.25, 0.3) is 10.9 Å². The molecule has 1 atom stereocenters. The fourth-order valence-electron chi connectivity index (χ4n) is 2.41. The van der Waals surface area contributed by atoms with Gasteiger partial charge in [0.25, 0.3) is 5.92 Å². The van der Waals surface area contributed by atoms with Crippen molar-refractivity contribution in [2.75, 3.05) is 24.3 Å². The number of ether oxygens (including phenoxy) is 1. The van der Waals surface area contributed by atoms with Crippen molar-refractivity contribution in [2.45, 2.75) is 18.4 Å². The normalized spacial score (nSPS) is 21.4. The van der Waals surface area contributed by atoms with Crippen molar-refractivity contribution in [3.05, 3.63) is 29.4 Å². The molecular weight excluding hydrogens is 300 g/mol. The second-order valence-electron chi connectivity index (χ2n) is 5.05. The number of alkyl halides is 2. The minimum Gasteiger partial charge on any atom is -0.396 e. The van der Waals surface area contributed by atoms with Gasteiger partial charge in [0, 0.05) is 17.0 Å². The molecule has 3 rings (SSSR count). The molecule has 0 saturated carbocycles. The molecule has 0 radical (unpaired) electrons. The number of fused-ring (bicyclic) bond motifs is 1. The molecule has 0 aliphatic carbocycles. The summed E-state index contributed by atoms with van der Waals surface area (Å²) in [7, 11) is 0. The first kappa shape index (κ1) is 14.3. The summed E-state index contributed by atoms with van der Waals surface area (Å²) in [6.07, 6.45) is 1.66. The van der Waals surface area contributed by atoms with E-state index in [0.29, 0.717) is 27.3 Å². The molecule has 0 amide bonds. The van der Waals surface area contributed by atoms with Gasteiger partial charge in [-0.1, -0.05) is 11.6 Å². The second kappa shape index (κ2) is 5.27. The molecule has 3 N–H and O–H groups in total. The summed E-state index contributed by atoms with van der Waals surface area (Å²) < 4.78 is 32.6. The maximum absolute atomic E-state index is 13.9. The molecule has 1 saturated heterocycles. The predicted molar refractivity (Wildman–Crippen MR) is 79.0 cm³/mol. The van der Waals surface area contributed by atoms with Gasteiger partial charge >= 0.3 is 0 Å². The molecule has 2 heterocycles. The monoisotopic (exact) mass is 313 g/mol. The lowest BCUT2D eigenvalue weighted by atomic mass is 10.0. The number of nitrogens with two attached hydrogens (primary N) is 1. The van der Waals surface area contributed by atoms with Crippen LogP contribution in [-0.2, 0) is 4.74 Å². The van der Waals surface area contributed by atoms with Crippen molar-refractivity contribution in [2.24, 2.45) is 0 Å². The van der Waals surface area contributed by atoms with Crippen LogP contribution in [-0.4, -0.2) is 30.2 Å². The molecule has 0 unspecified atom stereocenters. The molecule has 0 bridgehead atoms. The largest absolute Gasteiger partial charge is 0.396 e. The van der Waals surface area contributed by atoms with Gasteiger partial charge in [0.2, 0.25) is 0 Å². The van der Waals surface area contributed by atoms with Crippen LogP contribution in [0.15, 0.2) is 24.4 Å². The summed E-state index contributed by atoms with van der Waals surface area (Å²) in [6, 6.07) is 4.06. The lowest BCUT2D eigenvalue weighted by Crippen LogP contribution is -2.47. The van der Waals surface area contributed by atoms with Gasteiger partial charge in [0.1, 0.15) is 6.61 Å². The van der Waals surface area contributed by atoms with Gasteiger partial charge < -0.3 is 15.8 Å². The van der Waals surface area contributed by atoms with Crippen molar-refractivity contribution >= 4 is 33.9 Å². The zero-order valence-corrected chi connectivity index (χ0v) is 11.8. The zero-order chi connectivity index (χ0) is 15.0. The Labute approximate surface area is 125 Å². The van der Waals surface area contributed by atoms with Gasteiger partial charge in [-0.3, -0.25) is 4.98 Å². The lowest BCUT2D eigenvalue weighted by Gasteiger charge is -2.33. The summed E-state index contributed by atoms with van der Waals surface area (Å²) in [5.74, 6) is -2.95. The highest BCUT2D eigenvalue weighted by Gasteiger charge is 2.42. The van der Waals surface area contributed by atoms with Crippen LogP contribution in [0.4, 0.5) is 20.2 Å². The van der Waals surface area contributed by atoms with Gasteiger partial charge in [-0.05, 0) is 24.6 Å². The Balaban J connectivity index is 2.03. The van der Waals surface area contributed by atoms with Crippen molar-refractivity contribution in [3.63, 3.8) is 0 Å². The molecule has 4 nitrogen and oxygen atoms in total. The summed E-state index contributed by atoms with van der Waals surface area (Å²) >= 11 is 5.98. The first-order chi connectivity index (χ1) is 9.97. The number of hydrogen-bond acceptors (Lipinski definition) is 4. The minimum absolute atomic E-state index is 0.205. The number of halogens is 3. The first-order valence-electron chi connectivity index (χ1n) is 6.53. The van der Waals surface area contributed by atoms with E-state index >= 15 is 0 Å². The average Bonchev–Trinajstić information content (AvgIpc) is 2.43. The van der Waals surface area contributed by atoms with Crippen molar-refractivity contribution < 1.29 is 13.5 Å². The van der Waals surface area contributed by atoms with Crippen LogP contribution in [0, 0.1) is 0 Å². The summed E-state index contributed by atoms with van der Waals surface area (Å²) in [5.41, 5.74) is 7.29. The molecular formula is C14H14ClF2N3O. The zero-order valence-electron chi connectivity index (χ0n) is 11.1. The third-order valence-electron chi connectivity index (χ3n) is 3.53. The van der Waals surface area contributed by atoms with E-state index in [1.54, 1.807) is 18.2 Å². The Bertz CT molecular complexity index is 675. The Hall–Kier alpha value is -1.66. The van der Waals surface area contributed by atoms with E-state index in [4.69, 9.17) is 22.1 Å². The average molecular weight is 314 g/mol. The maximum atomic E-state index is 13.9. The van der Waals surface area contributed by atoms with Gasteiger partial charge in [-0.25, -0.2) is 8.78 Å². The van der Waals surface area contributed by atoms with Crippen LogP contribution >= 0.6 is 11.6 Å². The predicted octanol–water partition coefficient (Wildman–Crippen LogP) is 3.31. The van der Waals surface area contributed by atoms with Crippen molar-refractivity contribution in [1.29, 1.82) is 0 Å². The molecule has 112 valence electrons. The molecule has 7 heteroatoms. The Morgan fingerprint density at radius 3 is 3.00 bits per heavy atom. The van der Waals surface area contributed by atoms with E-state index in [1.165, 1.54) is 6.20 Å². The molecule has 1 fully saturated rings. The van der Waals surface area contributed by atoms with Gasteiger partial charge in [-0.2, -0.15) is 0 Å². The van der Waals surface area contributed by atoms with E-state index in [0.717, 1.165) is 0 Å². The van der Waals surface area contributed by atoms with E-state index in [1.807, 2.05) is 0 Å². The lowest BCUT2D eigenvalue weighted by molar-refractivity contribution is -0.122. The van der Waals surface area contributed by atoms with Crippen molar-refractivity contribution in [1.82, 2.24) is 4.98 Å². The minimum atomic E-state index is -2.95. The number of nitrogens with one attached hydrogen (secondary N) is 1. The fourth-order valence-corrected chi connectivity index (χ4v) is 2.59. The molecule has 1 aromatic carbocycles. The van der Waals surface area contributed by atoms with E-state index < -0.39 is 18.6 Å². The molecule has 1 aliphatic heterocycles. The first-order valence-corrected chi connectivity index (χ1v) is 6.91. The highest BCUT2D eigenvalue weighted by atomic mass is 35.5. The number of anilines is 2. The topological polar surface area (TPSA) is 60.2 Å². The fraction of sp³-hybridized carbons (Fsp3) is 0.357. The maximum Gasteiger partial charge on any atom is 0.290 e. The number of pyridine rings is 1. The number of benzene rings is 1. The van der Waals surface area contributed by atoms with Crippen molar-refractivity contribution in [3.8, 4) is 0 Å². The highest BCUT2D eigenvalue weighted by Crippen LogP contribution is 2.34. The Morgan fingerprint density at radius 1 is 1.43 bits per heavy atom. The van der Waals surface area contributed by atoms with Gasteiger partial charge in [0.15, 0.2) is 0 Å². The smallest absolute Gasteiger partial charge is 0.290 e. The summed E-state index contributed by atoms with van der Waals surface area (Å²) in [4.78, 5) is 4.18. The number of aromatic nitrogens is 1. The number of nitrogen functional groups attached to an aromatic ring is 1. The van der Waals surface area contributed by atoms with Crippen LogP contribution < -0.4 is 11.1 Å². The van der Waals surface area contributed by atoms with Gasteiger partial charge in [-0.15, -0.1) is 0 Å². The quantitative estimate of drug-likeness (QED) is 0.893. The summed E-state index contributed by atoms with van der Waals surface area (Å²) in [5, 5.41) is 3.98. The molecule has 21 heavy (non-hydrogen) atoms. The van der Waals surface area contributed by atoms with Gasteiger partial charge in [0.05, 0.1) is 29.1 Å². The van der Waals surface area contributed by atoms with Crippen LogP contribution in [0.3, 0.4) is 0 Å². The standard InChI is InChI=1S/C14H14ClF2N3O/c15-8-1-2-11-9(5-8)13(10(18)6-19-11)20-12-3-4-21-7-14(12,16)17/h1-2,5-6,12H,3-4,7,18H2,(H,19,20)/t12-/m0/s1. The van der Waals surface area contributed by atoms with E-state index in [2.05, 4.69) is 10.3 Å². The molecule has 2 aromatic rings. The number of rotatable bonds is 2.